The molecule has 1 aliphatic heterocycles. The van der Waals surface area contributed by atoms with E-state index in [1.165, 1.54) is 6.42 Å². The lowest BCUT2D eigenvalue weighted by atomic mass is 10.1. The van der Waals surface area contributed by atoms with E-state index in [1.807, 2.05) is 19.2 Å². The van der Waals surface area contributed by atoms with Gasteiger partial charge in [0.05, 0.1) is 0 Å². The van der Waals surface area contributed by atoms with E-state index < -0.39 is 0 Å². The first-order valence-electron chi connectivity index (χ1n) is 8.07. The molecule has 3 nitrogen and oxygen atoms in total. The zero-order valence-corrected chi connectivity index (χ0v) is 16.8. The predicted molar refractivity (Wildman–Crippen MR) is 108 cm³/mol. The Balaban J connectivity index is 0.00000192. The standard InChI is InChI=1S/C17H24FN3S.HI/c1-3-12-11-21(8-9-22-12)17(19-2)20-16-10-14(16)13-6-4-5-7-15(13)18;/h4-7,12,14,16H,3,8-11H2,1-2H3,(H,19,20);1H. The molecule has 3 rings (SSSR count). The Hall–Kier alpha value is -0.500. The number of nitrogens with one attached hydrogen (secondary N) is 1. The van der Waals surface area contributed by atoms with Gasteiger partial charge in [0.15, 0.2) is 5.96 Å². The van der Waals surface area contributed by atoms with E-state index in [0.29, 0.717) is 11.3 Å². The van der Waals surface area contributed by atoms with E-state index in [9.17, 15) is 4.39 Å². The van der Waals surface area contributed by atoms with Crippen molar-refractivity contribution in [2.24, 2.45) is 4.99 Å². The first kappa shape index (κ1) is 18.8. The molecule has 6 heteroatoms. The maximum absolute atomic E-state index is 13.9. The fourth-order valence-electron chi connectivity index (χ4n) is 3.10. The van der Waals surface area contributed by atoms with Crippen molar-refractivity contribution >= 4 is 41.7 Å². The summed E-state index contributed by atoms with van der Waals surface area (Å²) in [5, 5.41) is 4.22. The number of halogens is 2. The third-order valence-electron chi connectivity index (χ3n) is 4.52. The molecule has 0 radical (unpaired) electrons. The number of nitrogens with zero attached hydrogens (tertiary/aromatic N) is 2. The van der Waals surface area contributed by atoms with Gasteiger partial charge in [-0.05, 0) is 24.5 Å². The summed E-state index contributed by atoms with van der Waals surface area (Å²) in [6, 6.07) is 7.42. The average molecular weight is 449 g/mol. The molecule has 1 saturated carbocycles. The molecular formula is C17H25FIN3S. The van der Waals surface area contributed by atoms with Crippen LogP contribution in [0.1, 0.15) is 31.2 Å². The number of hydrogen-bond acceptors (Lipinski definition) is 2. The minimum Gasteiger partial charge on any atom is -0.353 e. The largest absolute Gasteiger partial charge is 0.353 e. The summed E-state index contributed by atoms with van der Waals surface area (Å²) in [7, 11) is 1.84. The quantitative estimate of drug-likeness (QED) is 0.433. The first-order chi connectivity index (χ1) is 10.7. The molecule has 23 heavy (non-hydrogen) atoms. The summed E-state index contributed by atoms with van der Waals surface area (Å²) in [6.07, 6.45) is 2.18. The van der Waals surface area contributed by atoms with Gasteiger partial charge in [0, 0.05) is 43.1 Å². The van der Waals surface area contributed by atoms with Crippen LogP contribution in [-0.2, 0) is 0 Å². The van der Waals surface area contributed by atoms with Crippen LogP contribution in [0, 0.1) is 5.82 Å². The molecule has 2 aliphatic rings. The van der Waals surface area contributed by atoms with E-state index >= 15 is 0 Å². The van der Waals surface area contributed by atoms with Crippen LogP contribution in [-0.4, -0.2) is 48.0 Å². The van der Waals surface area contributed by atoms with Crippen molar-refractivity contribution in [2.45, 2.75) is 37.0 Å². The number of thioether (sulfide) groups is 1. The third-order valence-corrected chi connectivity index (χ3v) is 5.89. The van der Waals surface area contributed by atoms with Gasteiger partial charge in [-0.25, -0.2) is 4.39 Å². The number of rotatable bonds is 3. The fourth-order valence-corrected chi connectivity index (χ4v) is 4.28. The summed E-state index contributed by atoms with van der Waals surface area (Å²) in [4.78, 5) is 6.79. The van der Waals surface area contributed by atoms with Crippen LogP contribution in [0.4, 0.5) is 4.39 Å². The average Bonchev–Trinajstić information content (AvgIpc) is 3.32. The summed E-state index contributed by atoms with van der Waals surface area (Å²) in [5.41, 5.74) is 0.830. The summed E-state index contributed by atoms with van der Waals surface area (Å²) in [6.45, 7) is 4.34. The van der Waals surface area contributed by atoms with Crippen molar-refractivity contribution in [1.82, 2.24) is 10.2 Å². The highest BCUT2D eigenvalue weighted by Crippen LogP contribution is 2.42. The molecule has 0 spiro atoms. The third kappa shape index (κ3) is 4.53. The molecular weight excluding hydrogens is 424 g/mol. The van der Waals surface area contributed by atoms with Crippen molar-refractivity contribution < 1.29 is 4.39 Å². The molecule has 1 aromatic rings. The highest BCUT2D eigenvalue weighted by atomic mass is 127. The van der Waals surface area contributed by atoms with Crippen molar-refractivity contribution in [3.05, 3.63) is 35.6 Å². The van der Waals surface area contributed by atoms with Gasteiger partial charge in [-0.3, -0.25) is 4.99 Å². The number of hydrogen-bond donors (Lipinski definition) is 1. The topological polar surface area (TPSA) is 27.6 Å². The van der Waals surface area contributed by atoms with Crippen LogP contribution in [0.5, 0.6) is 0 Å². The van der Waals surface area contributed by atoms with Gasteiger partial charge in [0.2, 0.25) is 0 Å². The smallest absolute Gasteiger partial charge is 0.193 e. The van der Waals surface area contributed by atoms with Crippen LogP contribution in [0.15, 0.2) is 29.3 Å². The van der Waals surface area contributed by atoms with Gasteiger partial charge in [-0.1, -0.05) is 25.1 Å². The molecule has 2 fully saturated rings. The molecule has 1 aliphatic carbocycles. The van der Waals surface area contributed by atoms with E-state index in [-0.39, 0.29) is 35.7 Å². The van der Waals surface area contributed by atoms with Gasteiger partial charge < -0.3 is 10.2 Å². The summed E-state index contributed by atoms with van der Waals surface area (Å²) < 4.78 is 13.9. The second-order valence-electron chi connectivity index (χ2n) is 6.01. The van der Waals surface area contributed by atoms with Crippen LogP contribution in [0.2, 0.25) is 0 Å². The lowest BCUT2D eigenvalue weighted by molar-refractivity contribution is 0.407. The lowest BCUT2D eigenvalue weighted by Gasteiger charge is -2.34. The molecule has 1 heterocycles. The van der Waals surface area contributed by atoms with Crippen molar-refractivity contribution in [3.63, 3.8) is 0 Å². The van der Waals surface area contributed by atoms with Crippen LogP contribution in [0.3, 0.4) is 0 Å². The summed E-state index contributed by atoms with van der Waals surface area (Å²) >= 11 is 2.05. The van der Waals surface area contributed by atoms with Gasteiger partial charge in [-0.15, -0.1) is 24.0 Å². The number of guanidine groups is 1. The lowest BCUT2D eigenvalue weighted by Crippen LogP contribution is -2.48. The minimum atomic E-state index is -0.0905. The molecule has 1 N–H and O–H groups in total. The first-order valence-corrected chi connectivity index (χ1v) is 9.12. The molecule has 0 aromatic heterocycles. The zero-order valence-electron chi connectivity index (χ0n) is 13.7. The van der Waals surface area contributed by atoms with Crippen molar-refractivity contribution in [3.8, 4) is 0 Å². The molecule has 128 valence electrons. The highest BCUT2D eigenvalue weighted by Gasteiger charge is 2.41. The molecule has 0 amide bonds. The second-order valence-corrected chi connectivity index (χ2v) is 7.42. The fraction of sp³-hybridized carbons (Fsp3) is 0.588. The normalized spacial score (nSPS) is 27.3. The molecule has 1 saturated heterocycles. The Labute approximate surface area is 159 Å². The summed E-state index contributed by atoms with van der Waals surface area (Å²) in [5.74, 6) is 2.31. The Morgan fingerprint density at radius 1 is 1.43 bits per heavy atom. The predicted octanol–water partition coefficient (Wildman–Crippen LogP) is 3.70. The monoisotopic (exact) mass is 449 g/mol. The maximum Gasteiger partial charge on any atom is 0.193 e. The zero-order chi connectivity index (χ0) is 15.5. The van der Waals surface area contributed by atoms with Gasteiger partial charge >= 0.3 is 0 Å². The number of aliphatic imine (C=N–C) groups is 1. The van der Waals surface area contributed by atoms with Gasteiger partial charge in [0.1, 0.15) is 5.82 Å². The van der Waals surface area contributed by atoms with E-state index in [0.717, 1.165) is 36.8 Å². The van der Waals surface area contributed by atoms with Crippen LogP contribution < -0.4 is 5.32 Å². The Kier molecular flexibility index (Phi) is 7.00. The van der Waals surface area contributed by atoms with Crippen LogP contribution >= 0.6 is 35.7 Å². The molecule has 1 aromatic carbocycles. The Morgan fingerprint density at radius 2 is 2.22 bits per heavy atom. The molecule has 3 atom stereocenters. The molecule has 0 bridgehead atoms. The van der Waals surface area contributed by atoms with E-state index in [1.54, 1.807) is 12.1 Å². The SMILES string of the molecule is CCC1CN(C(=NC)NC2CC2c2ccccc2F)CCS1.I. The van der Waals surface area contributed by atoms with Crippen molar-refractivity contribution in [1.29, 1.82) is 0 Å². The molecule has 3 unspecified atom stereocenters. The maximum atomic E-state index is 13.9. The van der Waals surface area contributed by atoms with Crippen molar-refractivity contribution in [2.75, 3.05) is 25.9 Å². The number of benzene rings is 1. The van der Waals surface area contributed by atoms with E-state index in [2.05, 4.69) is 33.9 Å². The Morgan fingerprint density at radius 3 is 2.91 bits per heavy atom. The minimum absolute atomic E-state index is 0. The van der Waals surface area contributed by atoms with Crippen LogP contribution in [0.25, 0.3) is 0 Å². The Bertz CT molecular complexity index is 554. The van der Waals surface area contributed by atoms with E-state index in [4.69, 9.17) is 0 Å². The van der Waals surface area contributed by atoms with Gasteiger partial charge in [-0.2, -0.15) is 11.8 Å². The van der Waals surface area contributed by atoms with Gasteiger partial charge in [0.25, 0.3) is 0 Å². The second kappa shape index (κ2) is 8.55. The highest BCUT2D eigenvalue weighted by molar-refractivity contribution is 14.0.